The molecule has 0 radical (unpaired) electrons. The molecule has 0 aliphatic rings. The van der Waals surface area contributed by atoms with Crippen LogP contribution in [0.4, 0.5) is 5.69 Å². The maximum atomic E-state index is 12.5. The maximum Gasteiger partial charge on any atom is 0.243 e. The van der Waals surface area contributed by atoms with Crippen LogP contribution in [0.3, 0.4) is 0 Å². The van der Waals surface area contributed by atoms with E-state index in [1.807, 2.05) is 0 Å². The fourth-order valence-electron chi connectivity index (χ4n) is 2.44. The van der Waals surface area contributed by atoms with Crippen molar-refractivity contribution < 1.29 is 13.2 Å². The van der Waals surface area contributed by atoms with E-state index in [0.29, 0.717) is 16.3 Å². The van der Waals surface area contributed by atoms with Crippen LogP contribution in [-0.2, 0) is 21.4 Å². The van der Waals surface area contributed by atoms with Crippen LogP contribution in [0.2, 0.25) is 5.02 Å². The van der Waals surface area contributed by atoms with Crippen LogP contribution in [0.5, 0.6) is 0 Å². The Hall–Kier alpha value is -2.12. The van der Waals surface area contributed by atoms with Gasteiger partial charge in [-0.05, 0) is 49.2 Å². The SMILES string of the molecule is Cc1ccc(Cl)cc1N(C(C)C(=O)NCc1ccncc1)S(C)(=O)=O. The van der Waals surface area contributed by atoms with E-state index in [4.69, 9.17) is 11.6 Å². The van der Waals surface area contributed by atoms with E-state index >= 15 is 0 Å². The minimum absolute atomic E-state index is 0.290. The van der Waals surface area contributed by atoms with Gasteiger partial charge in [0, 0.05) is 24.0 Å². The van der Waals surface area contributed by atoms with Crippen LogP contribution in [0.15, 0.2) is 42.7 Å². The van der Waals surface area contributed by atoms with Crippen LogP contribution in [0.1, 0.15) is 18.1 Å². The molecule has 1 aromatic carbocycles. The lowest BCUT2D eigenvalue weighted by atomic mass is 10.1. The highest BCUT2D eigenvalue weighted by Crippen LogP contribution is 2.28. The first kappa shape index (κ1) is 19.2. The molecule has 1 atom stereocenters. The number of hydrogen-bond acceptors (Lipinski definition) is 4. The van der Waals surface area contributed by atoms with Gasteiger partial charge in [0.15, 0.2) is 0 Å². The molecule has 0 aliphatic heterocycles. The largest absolute Gasteiger partial charge is 0.350 e. The summed E-state index contributed by atoms with van der Waals surface area (Å²) >= 11 is 6.01. The van der Waals surface area contributed by atoms with Gasteiger partial charge in [0.05, 0.1) is 11.9 Å². The Morgan fingerprint density at radius 1 is 1.28 bits per heavy atom. The molecule has 2 rings (SSSR count). The highest BCUT2D eigenvalue weighted by atomic mass is 35.5. The number of pyridine rings is 1. The summed E-state index contributed by atoms with van der Waals surface area (Å²) in [5.74, 6) is -0.401. The molecule has 6 nitrogen and oxygen atoms in total. The number of benzene rings is 1. The van der Waals surface area contributed by atoms with Crippen LogP contribution in [0, 0.1) is 6.92 Å². The maximum absolute atomic E-state index is 12.5. The Kier molecular flexibility index (Phi) is 6.02. The first-order chi connectivity index (χ1) is 11.7. The topological polar surface area (TPSA) is 79.4 Å². The van der Waals surface area contributed by atoms with Crippen molar-refractivity contribution in [2.75, 3.05) is 10.6 Å². The number of sulfonamides is 1. The molecule has 1 N–H and O–H groups in total. The van der Waals surface area contributed by atoms with E-state index < -0.39 is 22.0 Å². The van der Waals surface area contributed by atoms with E-state index in [2.05, 4.69) is 10.3 Å². The molecule has 0 spiro atoms. The molecule has 0 fully saturated rings. The number of carbonyl (C=O) groups excluding carboxylic acids is 1. The minimum Gasteiger partial charge on any atom is -0.350 e. The van der Waals surface area contributed by atoms with Gasteiger partial charge in [-0.2, -0.15) is 0 Å². The van der Waals surface area contributed by atoms with Crippen molar-refractivity contribution in [2.45, 2.75) is 26.4 Å². The van der Waals surface area contributed by atoms with Gasteiger partial charge < -0.3 is 5.32 Å². The molecular formula is C17H20ClN3O3S. The fourth-order valence-corrected chi connectivity index (χ4v) is 3.83. The number of nitrogens with one attached hydrogen (secondary N) is 1. The number of hydrogen-bond donors (Lipinski definition) is 1. The van der Waals surface area contributed by atoms with Crippen molar-refractivity contribution in [3.63, 3.8) is 0 Å². The fraction of sp³-hybridized carbons (Fsp3) is 0.294. The van der Waals surface area contributed by atoms with Crippen molar-refractivity contribution in [1.82, 2.24) is 10.3 Å². The van der Waals surface area contributed by atoms with Gasteiger partial charge in [-0.1, -0.05) is 17.7 Å². The lowest BCUT2D eigenvalue weighted by Crippen LogP contribution is -2.48. The van der Waals surface area contributed by atoms with Crippen molar-refractivity contribution in [2.24, 2.45) is 0 Å². The molecule has 134 valence electrons. The van der Waals surface area contributed by atoms with Gasteiger partial charge in [0.1, 0.15) is 6.04 Å². The third-order valence-corrected chi connectivity index (χ3v) is 5.18. The molecule has 0 bridgehead atoms. The Bertz CT molecular complexity index is 857. The summed E-state index contributed by atoms with van der Waals surface area (Å²) < 4.78 is 25.7. The Balaban J connectivity index is 2.25. The van der Waals surface area contributed by atoms with Crippen molar-refractivity contribution in [3.8, 4) is 0 Å². The second-order valence-electron chi connectivity index (χ2n) is 5.74. The number of rotatable bonds is 6. The molecule has 2 aromatic rings. The van der Waals surface area contributed by atoms with Gasteiger partial charge in [-0.15, -0.1) is 0 Å². The monoisotopic (exact) mass is 381 g/mol. The molecule has 25 heavy (non-hydrogen) atoms. The van der Waals surface area contributed by atoms with E-state index in [1.165, 1.54) is 0 Å². The summed E-state index contributed by atoms with van der Waals surface area (Å²) in [7, 11) is -3.68. The van der Waals surface area contributed by atoms with E-state index in [-0.39, 0.29) is 6.54 Å². The zero-order valence-corrected chi connectivity index (χ0v) is 15.8. The number of aryl methyl sites for hydroxylation is 1. The Labute approximate surface area is 152 Å². The molecule has 1 heterocycles. The van der Waals surface area contributed by atoms with Crippen molar-refractivity contribution >= 4 is 33.2 Å². The molecule has 0 saturated carbocycles. The summed E-state index contributed by atoms with van der Waals surface area (Å²) in [6.45, 7) is 3.60. The molecular weight excluding hydrogens is 362 g/mol. The zero-order chi connectivity index (χ0) is 18.6. The average Bonchev–Trinajstić information content (AvgIpc) is 2.55. The lowest BCUT2D eigenvalue weighted by molar-refractivity contribution is -0.122. The number of aromatic nitrogens is 1. The highest BCUT2D eigenvalue weighted by Gasteiger charge is 2.30. The lowest BCUT2D eigenvalue weighted by Gasteiger charge is -2.29. The molecule has 0 aliphatic carbocycles. The van der Waals surface area contributed by atoms with Crippen molar-refractivity contribution in [1.29, 1.82) is 0 Å². The second kappa shape index (κ2) is 7.84. The summed E-state index contributed by atoms with van der Waals surface area (Å²) in [5.41, 5.74) is 1.98. The number of anilines is 1. The van der Waals surface area contributed by atoms with Crippen LogP contribution in [0.25, 0.3) is 0 Å². The summed E-state index contributed by atoms with van der Waals surface area (Å²) in [4.78, 5) is 16.4. The van der Waals surface area contributed by atoms with Gasteiger partial charge in [0.25, 0.3) is 0 Å². The standard InChI is InChI=1S/C17H20ClN3O3S/c1-12-4-5-15(18)10-16(12)21(25(3,23)24)13(2)17(22)20-11-14-6-8-19-9-7-14/h4-10,13H,11H2,1-3H3,(H,20,22). The highest BCUT2D eigenvalue weighted by molar-refractivity contribution is 7.92. The Morgan fingerprint density at radius 2 is 1.92 bits per heavy atom. The third-order valence-electron chi connectivity index (χ3n) is 3.71. The minimum atomic E-state index is -3.68. The van der Waals surface area contributed by atoms with Crippen LogP contribution < -0.4 is 9.62 Å². The summed E-state index contributed by atoms with van der Waals surface area (Å²) in [5, 5.41) is 3.15. The van der Waals surface area contributed by atoms with Gasteiger partial charge >= 0.3 is 0 Å². The molecule has 1 unspecified atom stereocenters. The van der Waals surface area contributed by atoms with E-state index in [1.54, 1.807) is 56.6 Å². The number of nitrogens with zero attached hydrogens (tertiary/aromatic N) is 2. The van der Waals surface area contributed by atoms with E-state index in [0.717, 1.165) is 16.1 Å². The number of halogens is 1. The quantitative estimate of drug-likeness (QED) is 0.833. The van der Waals surface area contributed by atoms with Crippen LogP contribution >= 0.6 is 11.6 Å². The molecule has 1 amide bonds. The summed E-state index contributed by atoms with van der Waals surface area (Å²) in [6.07, 6.45) is 4.33. The molecule has 8 heteroatoms. The molecule has 0 saturated heterocycles. The second-order valence-corrected chi connectivity index (χ2v) is 8.03. The van der Waals surface area contributed by atoms with Crippen molar-refractivity contribution in [3.05, 3.63) is 58.9 Å². The number of carbonyl (C=O) groups is 1. The first-order valence-corrected chi connectivity index (χ1v) is 9.85. The predicted molar refractivity (Wildman–Crippen MR) is 99.1 cm³/mol. The smallest absolute Gasteiger partial charge is 0.243 e. The zero-order valence-electron chi connectivity index (χ0n) is 14.2. The van der Waals surface area contributed by atoms with Gasteiger partial charge in [0.2, 0.25) is 15.9 Å². The van der Waals surface area contributed by atoms with Crippen LogP contribution in [-0.4, -0.2) is 31.6 Å². The van der Waals surface area contributed by atoms with Gasteiger partial charge in [-0.3, -0.25) is 14.1 Å². The van der Waals surface area contributed by atoms with E-state index in [9.17, 15) is 13.2 Å². The van der Waals surface area contributed by atoms with Gasteiger partial charge in [-0.25, -0.2) is 8.42 Å². The normalized spacial score (nSPS) is 12.5. The first-order valence-electron chi connectivity index (χ1n) is 7.62. The third kappa shape index (κ3) is 4.93. The summed E-state index contributed by atoms with van der Waals surface area (Å²) in [6, 6.07) is 7.58. The molecule has 1 aromatic heterocycles. The predicted octanol–water partition coefficient (Wildman–Crippen LogP) is 2.51. The number of amides is 1. The Morgan fingerprint density at radius 3 is 2.52 bits per heavy atom. The average molecular weight is 382 g/mol.